The maximum absolute atomic E-state index is 11.8. The van der Waals surface area contributed by atoms with Crippen LogP contribution in [0.1, 0.15) is 49.2 Å². The van der Waals surface area contributed by atoms with Crippen molar-refractivity contribution in [1.29, 1.82) is 5.26 Å². The van der Waals surface area contributed by atoms with Crippen LogP contribution in [-0.2, 0) is 5.41 Å². The van der Waals surface area contributed by atoms with Gasteiger partial charge in [-0.05, 0) is 50.8 Å². The van der Waals surface area contributed by atoms with Crippen molar-refractivity contribution in [3.63, 3.8) is 0 Å². The molecule has 1 aromatic carbocycles. The van der Waals surface area contributed by atoms with Gasteiger partial charge in [0.05, 0.1) is 17.7 Å². The van der Waals surface area contributed by atoms with Gasteiger partial charge in [0.25, 0.3) is 5.91 Å². The Morgan fingerprint density at radius 2 is 1.89 bits per heavy atom. The molecule has 1 saturated heterocycles. The summed E-state index contributed by atoms with van der Waals surface area (Å²) in [5.41, 5.74) is 6.67. The normalized spacial score (nSPS) is 14.5. The zero-order valence-electron chi connectivity index (χ0n) is 15.7. The molecule has 3 N–H and O–H groups in total. The first-order valence-corrected chi connectivity index (χ1v) is 9.11. The van der Waals surface area contributed by atoms with Crippen LogP contribution in [0.5, 0.6) is 0 Å². The number of carbonyl (C=O) groups is 1. The van der Waals surface area contributed by atoms with Gasteiger partial charge < -0.3 is 16.0 Å². The summed E-state index contributed by atoms with van der Waals surface area (Å²) in [5, 5.41) is 12.4. The van der Waals surface area contributed by atoms with Gasteiger partial charge >= 0.3 is 0 Å². The van der Waals surface area contributed by atoms with E-state index < -0.39 is 11.3 Å². The Morgan fingerprint density at radius 1 is 1.22 bits per heavy atom. The minimum absolute atomic E-state index is 0.109. The molecule has 0 unspecified atom stereocenters. The highest BCUT2D eigenvalue weighted by atomic mass is 16.1. The molecule has 7 heteroatoms. The topological polar surface area (TPSA) is 108 Å². The number of primary amides is 1. The van der Waals surface area contributed by atoms with E-state index in [0.29, 0.717) is 5.82 Å². The lowest BCUT2D eigenvalue weighted by molar-refractivity contribution is 0.0996. The van der Waals surface area contributed by atoms with E-state index in [0.717, 1.165) is 43.0 Å². The second-order valence-corrected chi connectivity index (χ2v) is 7.28. The van der Waals surface area contributed by atoms with Crippen LogP contribution in [0.2, 0.25) is 0 Å². The van der Waals surface area contributed by atoms with Gasteiger partial charge in [0.15, 0.2) is 11.5 Å². The summed E-state index contributed by atoms with van der Waals surface area (Å²) in [6, 6.07) is 9.77. The zero-order valence-corrected chi connectivity index (χ0v) is 15.7. The van der Waals surface area contributed by atoms with Crippen LogP contribution in [0.25, 0.3) is 0 Å². The van der Waals surface area contributed by atoms with Crippen molar-refractivity contribution >= 4 is 23.2 Å². The van der Waals surface area contributed by atoms with Crippen molar-refractivity contribution in [2.75, 3.05) is 23.3 Å². The Morgan fingerprint density at radius 3 is 2.48 bits per heavy atom. The number of anilines is 3. The molecule has 0 saturated carbocycles. The maximum Gasteiger partial charge on any atom is 0.271 e. The summed E-state index contributed by atoms with van der Waals surface area (Å²) in [7, 11) is 0. The highest BCUT2D eigenvalue weighted by molar-refractivity contribution is 5.96. The van der Waals surface area contributed by atoms with Crippen molar-refractivity contribution in [2.24, 2.45) is 5.73 Å². The molecule has 27 heavy (non-hydrogen) atoms. The molecule has 1 fully saturated rings. The molecule has 0 bridgehead atoms. The smallest absolute Gasteiger partial charge is 0.271 e. The summed E-state index contributed by atoms with van der Waals surface area (Å²) in [4.78, 5) is 22.8. The van der Waals surface area contributed by atoms with Crippen LogP contribution in [0, 0.1) is 11.3 Å². The number of nitrogens with one attached hydrogen (secondary N) is 1. The van der Waals surface area contributed by atoms with Crippen LogP contribution in [0.15, 0.2) is 30.5 Å². The van der Waals surface area contributed by atoms with Gasteiger partial charge in [0.1, 0.15) is 5.82 Å². The van der Waals surface area contributed by atoms with E-state index in [1.54, 1.807) is 6.20 Å². The standard InChI is InChI=1S/C20H24N6O/c1-20(2,13-21)14-6-8-15(9-7-14)24-19-17(18(22)27)23-12-16(25-19)26-10-4-3-5-11-26/h6-9,12H,3-5,10-11H2,1-2H3,(H2,22,27)(H,24,25). The van der Waals surface area contributed by atoms with Crippen LogP contribution in [0.4, 0.5) is 17.3 Å². The average Bonchev–Trinajstić information content (AvgIpc) is 2.69. The summed E-state index contributed by atoms with van der Waals surface area (Å²) < 4.78 is 0. The van der Waals surface area contributed by atoms with Crippen LogP contribution in [-0.4, -0.2) is 29.0 Å². The number of piperidine rings is 1. The second-order valence-electron chi connectivity index (χ2n) is 7.28. The van der Waals surface area contributed by atoms with Gasteiger partial charge in [-0.15, -0.1) is 0 Å². The van der Waals surface area contributed by atoms with Gasteiger partial charge in [-0.3, -0.25) is 4.79 Å². The molecule has 1 aliphatic rings. The summed E-state index contributed by atoms with van der Waals surface area (Å²) in [6.45, 7) is 5.60. The first kappa shape index (κ1) is 18.6. The van der Waals surface area contributed by atoms with Crippen molar-refractivity contribution < 1.29 is 4.79 Å². The molecule has 0 spiro atoms. The molecule has 1 amide bonds. The quantitative estimate of drug-likeness (QED) is 0.844. The van der Waals surface area contributed by atoms with Gasteiger partial charge in [-0.25, -0.2) is 9.97 Å². The lowest BCUT2D eigenvalue weighted by atomic mass is 9.86. The highest BCUT2D eigenvalue weighted by Gasteiger charge is 2.20. The van der Waals surface area contributed by atoms with Gasteiger partial charge in [-0.1, -0.05) is 12.1 Å². The Balaban J connectivity index is 1.88. The molecule has 2 aromatic rings. The third kappa shape index (κ3) is 4.17. The van der Waals surface area contributed by atoms with E-state index in [-0.39, 0.29) is 5.69 Å². The Bertz CT molecular complexity index is 863. The van der Waals surface area contributed by atoms with E-state index in [9.17, 15) is 10.1 Å². The minimum atomic E-state index is -0.627. The number of hydrogen-bond donors (Lipinski definition) is 2. The predicted octanol–water partition coefficient (Wildman–Crippen LogP) is 3.11. The molecule has 1 aromatic heterocycles. The number of aromatic nitrogens is 2. The molecule has 0 atom stereocenters. The number of nitrogens with two attached hydrogens (primary N) is 1. The Labute approximate surface area is 159 Å². The van der Waals surface area contributed by atoms with Crippen molar-refractivity contribution in [3.8, 4) is 6.07 Å². The lowest BCUT2D eigenvalue weighted by Crippen LogP contribution is -2.31. The molecule has 0 aliphatic carbocycles. The number of carbonyl (C=O) groups excluding carboxylic acids is 1. The van der Waals surface area contributed by atoms with Crippen LogP contribution in [0.3, 0.4) is 0 Å². The Kier molecular flexibility index (Phi) is 5.26. The maximum atomic E-state index is 11.8. The van der Waals surface area contributed by atoms with Crippen molar-refractivity contribution in [1.82, 2.24) is 9.97 Å². The van der Waals surface area contributed by atoms with Crippen LogP contribution >= 0.6 is 0 Å². The van der Waals surface area contributed by atoms with Gasteiger partial charge in [0, 0.05) is 18.8 Å². The van der Waals surface area contributed by atoms with E-state index in [4.69, 9.17) is 5.73 Å². The fraction of sp³-hybridized carbons (Fsp3) is 0.400. The fourth-order valence-electron chi connectivity index (χ4n) is 3.09. The first-order chi connectivity index (χ1) is 12.9. The zero-order chi connectivity index (χ0) is 19.4. The van der Waals surface area contributed by atoms with Gasteiger partial charge in [0.2, 0.25) is 0 Å². The largest absolute Gasteiger partial charge is 0.364 e. The number of benzene rings is 1. The summed E-state index contributed by atoms with van der Waals surface area (Å²) >= 11 is 0. The lowest BCUT2D eigenvalue weighted by Gasteiger charge is -2.27. The second kappa shape index (κ2) is 7.62. The Hall–Kier alpha value is -3.14. The molecule has 3 rings (SSSR count). The molecular formula is C20H24N6O. The van der Waals surface area contributed by atoms with Crippen molar-refractivity contribution in [3.05, 3.63) is 41.7 Å². The molecule has 2 heterocycles. The van der Waals surface area contributed by atoms with E-state index in [1.807, 2.05) is 38.1 Å². The van der Waals surface area contributed by atoms with Crippen LogP contribution < -0.4 is 16.0 Å². The highest BCUT2D eigenvalue weighted by Crippen LogP contribution is 2.26. The molecule has 0 radical (unpaired) electrons. The molecule has 1 aliphatic heterocycles. The third-order valence-corrected chi connectivity index (χ3v) is 4.82. The van der Waals surface area contributed by atoms with E-state index in [2.05, 4.69) is 26.3 Å². The summed E-state index contributed by atoms with van der Waals surface area (Å²) in [5.74, 6) is 0.458. The van der Waals surface area contributed by atoms with Gasteiger partial charge in [-0.2, -0.15) is 5.26 Å². The minimum Gasteiger partial charge on any atom is -0.364 e. The predicted molar refractivity (Wildman–Crippen MR) is 105 cm³/mol. The number of amides is 1. The summed E-state index contributed by atoms with van der Waals surface area (Å²) in [6.07, 6.45) is 5.07. The molecule has 7 nitrogen and oxygen atoms in total. The molecular weight excluding hydrogens is 340 g/mol. The number of hydrogen-bond acceptors (Lipinski definition) is 6. The van der Waals surface area contributed by atoms with E-state index in [1.165, 1.54) is 6.42 Å². The first-order valence-electron chi connectivity index (χ1n) is 9.11. The number of rotatable bonds is 5. The molecule has 140 valence electrons. The monoisotopic (exact) mass is 364 g/mol. The third-order valence-electron chi connectivity index (χ3n) is 4.82. The number of nitriles is 1. The number of nitrogens with zero attached hydrogens (tertiary/aromatic N) is 4. The fourth-order valence-corrected chi connectivity index (χ4v) is 3.09. The van der Waals surface area contributed by atoms with E-state index >= 15 is 0 Å². The average molecular weight is 364 g/mol. The SMILES string of the molecule is CC(C)(C#N)c1ccc(Nc2nc(N3CCCCC3)cnc2C(N)=O)cc1. The van der Waals surface area contributed by atoms with Crippen molar-refractivity contribution in [2.45, 2.75) is 38.5 Å².